The molecule has 0 aromatic heterocycles. The third kappa shape index (κ3) is 3.86. The molecule has 0 fully saturated rings. The van der Waals surface area contributed by atoms with E-state index < -0.39 is 11.6 Å². The number of hydrogen-bond acceptors (Lipinski definition) is 1. The fourth-order valence-electron chi connectivity index (χ4n) is 1.15. The van der Waals surface area contributed by atoms with E-state index in [1.54, 1.807) is 7.05 Å². The van der Waals surface area contributed by atoms with Crippen molar-refractivity contribution in [3.05, 3.63) is 35.4 Å². The summed E-state index contributed by atoms with van der Waals surface area (Å²) >= 11 is 0. The average molecular weight is 232 g/mol. The van der Waals surface area contributed by atoms with Crippen molar-refractivity contribution in [2.24, 2.45) is 0 Å². The lowest BCUT2D eigenvalue weighted by Crippen LogP contribution is -2.25. The van der Waals surface area contributed by atoms with Gasteiger partial charge in [-0.3, -0.25) is 0 Å². The SMILES string of the molecule is C#CC(Cc1ccc(F)cc1F)NC.Cl. The largest absolute Gasteiger partial charge is 0.306 e. The molecule has 0 amide bonds. The van der Waals surface area contributed by atoms with E-state index in [-0.39, 0.29) is 18.4 Å². The van der Waals surface area contributed by atoms with Gasteiger partial charge in [-0.1, -0.05) is 12.0 Å². The summed E-state index contributed by atoms with van der Waals surface area (Å²) in [5, 5.41) is 2.85. The Kier molecular flexibility index (Phi) is 5.92. The Morgan fingerprint density at radius 3 is 2.60 bits per heavy atom. The van der Waals surface area contributed by atoms with Gasteiger partial charge in [-0.25, -0.2) is 8.78 Å². The highest BCUT2D eigenvalue weighted by molar-refractivity contribution is 5.85. The minimum absolute atomic E-state index is 0. The van der Waals surface area contributed by atoms with Gasteiger partial charge in [0.15, 0.2) is 0 Å². The fourth-order valence-corrected chi connectivity index (χ4v) is 1.15. The molecule has 82 valence electrons. The van der Waals surface area contributed by atoms with Crippen LogP contribution in [0.2, 0.25) is 0 Å². The third-order valence-electron chi connectivity index (χ3n) is 1.99. The smallest absolute Gasteiger partial charge is 0.129 e. The van der Waals surface area contributed by atoms with E-state index in [0.29, 0.717) is 12.0 Å². The van der Waals surface area contributed by atoms with Gasteiger partial charge in [0, 0.05) is 12.5 Å². The van der Waals surface area contributed by atoms with Crippen molar-refractivity contribution in [3.63, 3.8) is 0 Å². The first-order valence-electron chi connectivity index (χ1n) is 4.24. The first kappa shape index (κ1) is 13.9. The molecule has 1 aromatic rings. The van der Waals surface area contributed by atoms with Crippen LogP contribution < -0.4 is 5.32 Å². The number of terminal acetylenes is 1. The van der Waals surface area contributed by atoms with Gasteiger partial charge in [-0.15, -0.1) is 18.8 Å². The van der Waals surface area contributed by atoms with E-state index in [4.69, 9.17) is 6.42 Å². The molecular weight excluding hydrogens is 220 g/mol. The molecule has 0 aliphatic carbocycles. The van der Waals surface area contributed by atoms with Crippen LogP contribution in [0.25, 0.3) is 0 Å². The molecule has 0 heterocycles. The Morgan fingerprint density at radius 2 is 2.13 bits per heavy atom. The Morgan fingerprint density at radius 1 is 1.47 bits per heavy atom. The van der Waals surface area contributed by atoms with Crippen LogP contribution in [-0.4, -0.2) is 13.1 Å². The van der Waals surface area contributed by atoms with Gasteiger partial charge >= 0.3 is 0 Å². The Labute approximate surface area is 94.3 Å². The molecule has 0 saturated carbocycles. The molecular formula is C11H12ClF2N. The summed E-state index contributed by atoms with van der Waals surface area (Å²) in [6.07, 6.45) is 5.56. The quantitative estimate of drug-likeness (QED) is 0.787. The average Bonchev–Trinajstić information content (AvgIpc) is 2.17. The van der Waals surface area contributed by atoms with Crippen LogP contribution in [0, 0.1) is 24.0 Å². The predicted molar refractivity (Wildman–Crippen MR) is 59.0 cm³/mol. The predicted octanol–water partition coefficient (Wildman–Crippen LogP) is 2.15. The number of benzene rings is 1. The molecule has 0 bridgehead atoms. The van der Waals surface area contributed by atoms with E-state index in [2.05, 4.69) is 11.2 Å². The molecule has 0 saturated heterocycles. The molecule has 15 heavy (non-hydrogen) atoms. The van der Waals surface area contributed by atoms with Crippen molar-refractivity contribution < 1.29 is 8.78 Å². The second-order valence-corrected chi connectivity index (χ2v) is 2.95. The second kappa shape index (κ2) is 6.39. The number of halogens is 3. The minimum atomic E-state index is -0.576. The third-order valence-corrected chi connectivity index (χ3v) is 1.99. The first-order valence-corrected chi connectivity index (χ1v) is 4.24. The van der Waals surface area contributed by atoms with Gasteiger partial charge in [0.2, 0.25) is 0 Å². The summed E-state index contributed by atoms with van der Waals surface area (Å²) in [4.78, 5) is 0. The van der Waals surface area contributed by atoms with Crippen molar-refractivity contribution in [3.8, 4) is 12.3 Å². The molecule has 0 aliphatic rings. The molecule has 1 rings (SSSR count). The molecule has 1 unspecified atom stereocenters. The second-order valence-electron chi connectivity index (χ2n) is 2.95. The lowest BCUT2D eigenvalue weighted by molar-refractivity contribution is 0.562. The van der Waals surface area contributed by atoms with Crippen LogP contribution in [0.15, 0.2) is 18.2 Å². The van der Waals surface area contributed by atoms with Gasteiger partial charge in [-0.2, -0.15) is 0 Å². The molecule has 1 nitrogen and oxygen atoms in total. The van der Waals surface area contributed by atoms with Gasteiger partial charge in [0.05, 0.1) is 6.04 Å². The molecule has 0 aliphatic heterocycles. The van der Waals surface area contributed by atoms with Crippen LogP contribution in [-0.2, 0) is 6.42 Å². The topological polar surface area (TPSA) is 12.0 Å². The Balaban J connectivity index is 0.00000196. The minimum Gasteiger partial charge on any atom is -0.306 e. The van der Waals surface area contributed by atoms with Crippen molar-refractivity contribution >= 4 is 12.4 Å². The summed E-state index contributed by atoms with van der Waals surface area (Å²) in [6.45, 7) is 0. The van der Waals surface area contributed by atoms with Crippen LogP contribution >= 0.6 is 12.4 Å². The van der Waals surface area contributed by atoms with Crippen LogP contribution in [0.5, 0.6) is 0 Å². The van der Waals surface area contributed by atoms with Crippen molar-refractivity contribution in [1.29, 1.82) is 0 Å². The summed E-state index contributed by atoms with van der Waals surface area (Å²) in [6, 6.07) is 3.27. The van der Waals surface area contributed by atoms with Crippen LogP contribution in [0.4, 0.5) is 8.78 Å². The van der Waals surface area contributed by atoms with Crippen LogP contribution in [0.3, 0.4) is 0 Å². The highest BCUT2D eigenvalue weighted by atomic mass is 35.5. The number of rotatable bonds is 3. The van der Waals surface area contributed by atoms with E-state index >= 15 is 0 Å². The highest BCUT2D eigenvalue weighted by Crippen LogP contribution is 2.11. The summed E-state index contributed by atoms with van der Waals surface area (Å²) in [5.41, 5.74) is 0.420. The molecule has 1 N–H and O–H groups in total. The van der Waals surface area contributed by atoms with E-state index in [0.717, 1.165) is 6.07 Å². The monoisotopic (exact) mass is 231 g/mol. The molecule has 0 radical (unpaired) electrons. The van der Waals surface area contributed by atoms with Gasteiger partial charge in [0.1, 0.15) is 11.6 Å². The summed E-state index contributed by atoms with van der Waals surface area (Å²) in [7, 11) is 1.70. The van der Waals surface area contributed by atoms with Crippen molar-refractivity contribution in [2.45, 2.75) is 12.5 Å². The normalized spacial score (nSPS) is 11.3. The van der Waals surface area contributed by atoms with Crippen molar-refractivity contribution in [2.75, 3.05) is 7.05 Å². The molecule has 1 atom stereocenters. The molecule has 4 heteroatoms. The zero-order valence-corrected chi connectivity index (χ0v) is 9.07. The molecule has 0 spiro atoms. The number of hydrogen-bond donors (Lipinski definition) is 1. The molecule has 1 aromatic carbocycles. The maximum absolute atomic E-state index is 13.1. The summed E-state index contributed by atoms with van der Waals surface area (Å²) < 4.78 is 25.7. The van der Waals surface area contributed by atoms with Crippen molar-refractivity contribution in [1.82, 2.24) is 5.32 Å². The Hall–Kier alpha value is -1.11. The number of likely N-dealkylation sites (N-methyl/N-ethyl adjacent to an activating group) is 1. The van der Waals surface area contributed by atoms with Crippen LogP contribution in [0.1, 0.15) is 5.56 Å². The first-order chi connectivity index (χ1) is 6.67. The van der Waals surface area contributed by atoms with Gasteiger partial charge < -0.3 is 5.32 Å². The van der Waals surface area contributed by atoms with E-state index in [9.17, 15) is 8.78 Å². The van der Waals surface area contributed by atoms with Gasteiger partial charge in [0.25, 0.3) is 0 Å². The lowest BCUT2D eigenvalue weighted by atomic mass is 10.1. The zero-order chi connectivity index (χ0) is 10.6. The maximum atomic E-state index is 13.1. The van der Waals surface area contributed by atoms with Gasteiger partial charge in [-0.05, 0) is 18.7 Å². The number of nitrogens with one attached hydrogen (secondary N) is 1. The summed E-state index contributed by atoms with van der Waals surface area (Å²) in [5.74, 6) is 1.34. The highest BCUT2D eigenvalue weighted by Gasteiger charge is 2.08. The Bertz CT molecular complexity index is 360. The zero-order valence-electron chi connectivity index (χ0n) is 8.26. The maximum Gasteiger partial charge on any atom is 0.129 e. The van der Waals surface area contributed by atoms with E-state index in [1.165, 1.54) is 12.1 Å². The van der Waals surface area contributed by atoms with E-state index in [1.807, 2.05) is 0 Å². The standard InChI is InChI=1S/C11H11F2N.ClH/c1-3-10(14-2)6-8-4-5-9(12)7-11(8)13;/h1,4-5,7,10,14H,6H2,2H3;1H. The lowest BCUT2D eigenvalue weighted by Gasteiger charge is -2.09. The fraction of sp³-hybridized carbons (Fsp3) is 0.273.